The minimum atomic E-state index is -0.00422. The van der Waals surface area contributed by atoms with E-state index in [1.54, 1.807) is 0 Å². The zero-order chi connectivity index (χ0) is 18.1. The molecule has 146 valence electrons. The van der Waals surface area contributed by atoms with E-state index in [4.69, 9.17) is 5.73 Å². The second kappa shape index (κ2) is 11.2. The maximum atomic E-state index is 12.3. The van der Waals surface area contributed by atoms with Crippen molar-refractivity contribution in [2.75, 3.05) is 11.9 Å². The number of rotatable bonds is 8. The van der Waals surface area contributed by atoms with Gasteiger partial charge in [-0.25, -0.2) is 0 Å². The van der Waals surface area contributed by atoms with Crippen molar-refractivity contribution in [3.8, 4) is 0 Å². The van der Waals surface area contributed by atoms with Crippen LogP contribution in [0.25, 0.3) is 0 Å². The van der Waals surface area contributed by atoms with Gasteiger partial charge in [0.2, 0.25) is 11.8 Å². The summed E-state index contributed by atoms with van der Waals surface area (Å²) in [4.78, 5) is 23.9. The summed E-state index contributed by atoms with van der Waals surface area (Å²) in [7, 11) is 0. The topological polar surface area (TPSA) is 84.2 Å². The molecular formula is C20H32ClN3O2. The normalized spacial score (nSPS) is 15.6. The highest BCUT2D eigenvalue weighted by Crippen LogP contribution is 2.38. The van der Waals surface area contributed by atoms with Crippen LogP contribution in [0.2, 0.25) is 0 Å². The molecule has 1 aromatic carbocycles. The molecule has 0 atom stereocenters. The van der Waals surface area contributed by atoms with Gasteiger partial charge in [-0.05, 0) is 48.9 Å². The van der Waals surface area contributed by atoms with Crippen LogP contribution in [0.4, 0.5) is 5.69 Å². The molecule has 0 spiro atoms. The molecule has 1 saturated carbocycles. The standard InChI is InChI=1S/C20H31N3O2.ClH/c1-2-6-18(24)23-17-9-7-16(8-10-17)14-22-19(25)13-20(15-21)11-4-3-5-12-20;/h7-10H,2-6,11-15,21H2,1H3,(H,22,25)(H,23,24);1H. The summed E-state index contributed by atoms with van der Waals surface area (Å²) in [5, 5.41) is 5.87. The zero-order valence-corrected chi connectivity index (χ0v) is 16.5. The molecule has 1 aliphatic rings. The van der Waals surface area contributed by atoms with E-state index in [1.807, 2.05) is 31.2 Å². The molecular weight excluding hydrogens is 350 g/mol. The van der Waals surface area contributed by atoms with Crippen molar-refractivity contribution in [1.82, 2.24) is 5.32 Å². The zero-order valence-electron chi connectivity index (χ0n) is 15.7. The van der Waals surface area contributed by atoms with Crippen LogP contribution in [0.1, 0.15) is 63.9 Å². The van der Waals surface area contributed by atoms with Crippen molar-refractivity contribution in [2.24, 2.45) is 11.1 Å². The van der Waals surface area contributed by atoms with Crippen molar-refractivity contribution in [3.63, 3.8) is 0 Å². The van der Waals surface area contributed by atoms with Crippen molar-refractivity contribution < 1.29 is 9.59 Å². The summed E-state index contributed by atoms with van der Waals surface area (Å²) in [6.45, 7) is 3.07. The lowest BCUT2D eigenvalue weighted by atomic mass is 9.71. The highest BCUT2D eigenvalue weighted by molar-refractivity contribution is 5.90. The largest absolute Gasteiger partial charge is 0.352 e. The van der Waals surface area contributed by atoms with Gasteiger partial charge in [0.25, 0.3) is 0 Å². The number of hydrogen-bond donors (Lipinski definition) is 3. The quantitative estimate of drug-likeness (QED) is 0.640. The van der Waals surface area contributed by atoms with E-state index in [9.17, 15) is 9.59 Å². The summed E-state index contributed by atoms with van der Waals surface area (Å²) >= 11 is 0. The molecule has 6 heteroatoms. The van der Waals surface area contributed by atoms with Crippen LogP contribution in [0.15, 0.2) is 24.3 Å². The molecule has 2 amide bonds. The molecule has 1 aromatic rings. The van der Waals surface area contributed by atoms with Crippen molar-refractivity contribution in [3.05, 3.63) is 29.8 Å². The second-order valence-corrected chi connectivity index (χ2v) is 7.21. The van der Waals surface area contributed by atoms with Crippen LogP contribution in [0.3, 0.4) is 0 Å². The molecule has 0 aliphatic heterocycles. The van der Waals surface area contributed by atoms with Crippen LogP contribution >= 0.6 is 12.4 Å². The molecule has 0 bridgehead atoms. The number of amides is 2. The van der Waals surface area contributed by atoms with Crippen molar-refractivity contribution >= 4 is 29.9 Å². The Labute approximate surface area is 162 Å². The van der Waals surface area contributed by atoms with Crippen LogP contribution in [0, 0.1) is 5.41 Å². The van der Waals surface area contributed by atoms with Crippen LogP contribution in [0.5, 0.6) is 0 Å². The van der Waals surface area contributed by atoms with Crippen LogP contribution < -0.4 is 16.4 Å². The molecule has 4 N–H and O–H groups in total. The van der Waals surface area contributed by atoms with Gasteiger partial charge < -0.3 is 16.4 Å². The van der Waals surface area contributed by atoms with Gasteiger partial charge in [0.05, 0.1) is 0 Å². The number of nitrogens with one attached hydrogen (secondary N) is 2. The summed E-state index contributed by atoms with van der Waals surface area (Å²) in [6, 6.07) is 7.61. The molecule has 1 aliphatic carbocycles. The monoisotopic (exact) mass is 381 g/mol. The third-order valence-electron chi connectivity index (χ3n) is 5.09. The number of benzene rings is 1. The molecule has 0 heterocycles. The Balaban J connectivity index is 0.00000338. The molecule has 0 radical (unpaired) electrons. The number of anilines is 1. The van der Waals surface area contributed by atoms with E-state index in [0.717, 1.165) is 30.5 Å². The number of carbonyl (C=O) groups excluding carboxylic acids is 2. The van der Waals surface area contributed by atoms with Gasteiger partial charge in [-0.1, -0.05) is 38.3 Å². The Kier molecular flexibility index (Phi) is 9.66. The smallest absolute Gasteiger partial charge is 0.224 e. The lowest BCUT2D eigenvalue weighted by Gasteiger charge is -2.35. The summed E-state index contributed by atoms with van der Waals surface area (Å²) in [5.41, 5.74) is 7.76. The van der Waals surface area contributed by atoms with E-state index in [0.29, 0.717) is 25.9 Å². The molecule has 0 aromatic heterocycles. The highest BCUT2D eigenvalue weighted by Gasteiger charge is 2.32. The van der Waals surface area contributed by atoms with Gasteiger partial charge in [-0.15, -0.1) is 12.4 Å². The molecule has 0 saturated heterocycles. The number of carbonyl (C=O) groups is 2. The van der Waals surface area contributed by atoms with Gasteiger partial charge >= 0.3 is 0 Å². The van der Waals surface area contributed by atoms with Crippen LogP contribution in [-0.2, 0) is 16.1 Å². The number of hydrogen-bond acceptors (Lipinski definition) is 3. The maximum absolute atomic E-state index is 12.3. The number of nitrogens with two attached hydrogens (primary N) is 1. The van der Waals surface area contributed by atoms with Gasteiger partial charge in [-0.2, -0.15) is 0 Å². The lowest BCUT2D eigenvalue weighted by molar-refractivity contribution is -0.124. The summed E-state index contributed by atoms with van der Waals surface area (Å²) in [5.74, 6) is 0.107. The fraction of sp³-hybridized carbons (Fsp3) is 0.600. The SMILES string of the molecule is CCCC(=O)Nc1ccc(CNC(=O)CC2(CN)CCCCC2)cc1.Cl. The number of halogens is 1. The molecule has 2 rings (SSSR count). The van der Waals surface area contributed by atoms with Crippen molar-refractivity contribution in [1.29, 1.82) is 0 Å². The Morgan fingerprint density at radius 2 is 1.73 bits per heavy atom. The molecule has 5 nitrogen and oxygen atoms in total. The van der Waals surface area contributed by atoms with Gasteiger partial charge in [0.15, 0.2) is 0 Å². The Morgan fingerprint density at radius 3 is 2.31 bits per heavy atom. The first-order valence-electron chi connectivity index (χ1n) is 9.42. The maximum Gasteiger partial charge on any atom is 0.224 e. The van der Waals surface area contributed by atoms with Crippen molar-refractivity contribution in [2.45, 2.75) is 64.8 Å². The Morgan fingerprint density at radius 1 is 1.08 bits per heavy atom. The average Bonchev–Trinajstić information content (AvgIpc) is 2.62. The minimum absolute atomic E-state index is 0. The Hall–Kier alpha value is -1.59. The van der Waals surface area contributed by atoms with E-state index in [2.05, 4.69) is 10.6 Å². The molecule has 26 heavy (non-hydrogen) atoms. The fourth-order valence-electron chi connectivity index (χ4n) is 3.52. The lowest BCUT2D eigenvalue weighted by Crippen LogP contribution is -2.38. The van der Waals surface area contributed by atoms with Gasteiger partial charge in [0, 0.05) is 25.1 Å². The van der Waals surface area contributed by atoms with E-state index in [-0.39, 0.29) is 29.6 Å². The minimum Gasteiger partial charge on any atom is -0.352 e. The summed E-state index contributed by atoms with van der Waals surface area (Å²) < 4.78 is 0. The first-order valence-corrected chi connectivity index (χ1v) is 9.42. The first-order chi connectivity index (χ1) is 12.1. The van der Waals surface area contributed by atoms with Crippen LogP contribution in [-0.4, -0.2) is 18.4 Å². The third-order valence-corrected chi connectivity index (χ3v) is 5.09. The molecule has 0 unspecified atom stereocenters. The Bertz CT molecular complexity index is 569. The van der Waals surface area contributed by atoms with E-state index in [1.165, 1.54) is 19.3 Å². The fourth-order valence-corrected chi connectivity index (χ4v) is 3.52. The third kappa shape index (κ3) is 6.96. The van der Waals surface area contributed by atoms with Gasteiger partial charge in [-0.3, -0.25) is 9.59 Å². The van der Waals surface area contributed by atoms with Gasteiger partial charge in [0.1, 0.15) is 0 Å². The summed E-state index contributed by atoms with van der Waals surface area (Å²) in [6.07, 6.45) is 7.61. The van der Waals surface area contributed by atoms with E-state index < -0.39 is 0 Å². The second-order valence-electron chi connectivity index (χ2n) is 7.21. The predicted molar refractivity (Wildman–Crippen MR) is 108 cm³/mol. The molecule has 1 fully saturated rings. The van der Waals surface area contributed by atoms with E-state index >= 15 is 0 Å². The first kappa shape index (κ1) is 22.5. The highest BCUT2D eigenvalue weighted by atomic mass is 35.5. The average molecular weight is 382 g/mol. The predicted octanol–water partition coefficient (Wildman–Crippen LogP) is 3.76.